The number of anilines is 1. The SMILES string of the molecule is Nc1nc(-c2ccc(Br)s2)nc2c1CSC2. The molecule has 2 N–H and O–H groups in total. The monoisotopic (exact) mass is 313 g/mol. The van der Waals surface area contributed by atoms with Crippen LogP contribution in [0.25, 0.3) is 10.7 Å². The predicted octanol–water partition coefficient (Wildman–Crippen LogP) is 3.30. The molecule has 2 aromatic heterocycles. The molecule has 0 fully saturated rings. The molecule has 0 bridgehead atoms. The van der Waals surface area contributed by atoms with Gasteiger partial charge in [0, 0.05) is 17.1 Å². The highest BCUT2D eigenvalue weighted by Gasteiger charge is 2.19. The molecular weight excluding hydrogens is 306 g/mol. The number of nitrogen functional groups attached to an aromatic ring is 1. The number of thiophene rings is 1. The molecule has 0 spiro atoms. The van der Waals surface area contributed by atoms with Crippen LogP contribution in [0.5, 0.6) is 0 Å². The van der Waals surface area contributed by atoms with E-state index in [0.717, 1.165) is 37.3 Å². The van der Waals surface area contributed by atoms with Crippen LogP contribution in [0, 0.1) is 0 Å². The summed E-state index contributed by atoms with van der Waals surface area (Å²) in [5.41, 5.74) is 8.15. The van der Waals surface area contributed by atoms with E-state index in [1.807, 2.05) is 23.9 Å². The van der Waals surface area contributed by atoms with Gasteiger partial charge in [-0.15, -0.1) is 11.3 Å². The topological polar surface area (TPSA) is 51.8 Å². The largest absolute Gasteiger partial charge is 0.383 e. The first kappa shape index (κ1) is 10.6. The Balaban J connectivity index is 2.12. The summed E-state index contributed by atoms with van der Waals surface area (Å²) < 4.78 is 1.08. The highest BCUT2D eigenvalue weighted by Crippen LogP contribution is 2.35. The van der Waals surface area contributed by atoms with Gasteiger partial charge in [-0.1, -0.05) is 0 Å². The van der Waals surface area contributed by atoms with E-state index < -0.39 is 0 Å². The third-order valence-corrected chi connectivity index (χ3v) is 4.99. The first-order valence-electron chi connectivity index (χ1n) is 4.73. The summed E-state index contributed by atoms with van der Waals surface area (Å²) in [5.74, 6) is 3.26. The van der Waals surface area contributed by atoms with Gasteiger partial charge in [0.05, 0.1) is 14.4 Å². The van der Waals surface area contributed by atoms with Gasteiger partial charge in [0.1, 0.15) is 5.82 Å². The molecule has 6 heteroatoms. The number of hydrogen-bond donors (Lipinski definition) is 1. The summed E-state index contributed by atoms with van der Waals surface area (Å²) >= 11 is 6.90. The fraction of sp³-hybridized carbons (Fsp3) is 0.200. The number of aromatic nitrogens is 2. The molecule has 0 atom stereocenters. The Hall–Kier alpha value is -0.590. The molecule has 0 amide bonds. The molecule has 1 aliphatic heterocycles. The third kappa shape index (κ3) is 1.74. The normalized spacial score (nSPS) is 14.1. The van der Waals surface area contributed by atoms with Gasteiger partial charge < -0.3 is 5.73 Å². The summed E-state index contributed by atoms with van der Waals surface area (Å²) in [6, 6.07) is 4.01. The van der Waals surface area contributed by atoms with E-state index in [2.05, 4.69) is 25.9 Å². The van der Waals surface area contributed by atoms with Crippen LogP contribution in [-0.2, 0) is 11.5 Å². The maximum absolute atomic E-state index is 5.95. The second-order valence-corrected chi connectivity index (χ2v) is 6.90. The third-order valence-electron chi connectivity index (χ3n) is 2.40. The van der Waals surface area contributed by atoms with Crippen molar-refractivity contribution in [3.05, 3.63) is 27.2 Å². The first-order chi connectivity index (χ1) is 7.74. The molecule has 0 aromatic carbocycles. The molecule has 82 valence electrons. The smallest absolute Gasteiger partial charge is 0.171 e. The molecule has 0 radical (unpaired) electrons. The predicted molar refractivity (Wildman–Crippen MR) is 72.5 cm³/mol. The Kier molecular flexibility index (Phi) is 2.65. The van der Waals surface area contributed by atoms with Crippen molar-refractivity contribution in [2.45, 2.75) is 11.5 Å². The van der Waals surface area contributed by atoms with Crippen molar-refractivity contribution in [2.24, 2.45) is 0 Å². The van der Waals surface area contributed by atoms with Crippen molar-refractivity contribution in [3.63, 3.8) is 0 Å². The van der Waals surface area contributed by atoms with E-state index in [1.54, 1.807) is 11.3 Å². The number of thioether (sulfide) groups is 1. The summed E-state index contributed by atoms with van der Waals surface area (Å²) in [4.78, 5) is 10.0. The molecule has 16 heavy (non-hydrogen) atoms. The fourth-order valence-electron chi connectivity index (χ4n) is 1.62. The lowest BCUT2D eigenvalue weighted by Gasteiger charge is -2.04. The molecule has 0 aliphatic carbocycles. The second-order valence-electron chi connectivity index (χ2n) is 3.45. The Bertz CT molecular complexity index is 553. The Morgan fingerprint density at radius 2 is 2.12 bits per heavy atom. The van der Waals surface area contributed by atoms with Gasteiger partial charge >= 0.3 is 0 Å². The van der Waals surface area contributed by atoms with Crippen LogP contribution in [0.2, 0.25) is 0 Å². The maximum atomic E-state index is 5.95. The molecule has 0 unspecified atom stereocenters. The molecule has 1 aliphatic rings. The van der Waals surface area contributed by atoms with E-state index in [4.69, 9.17) is 5.73 Å². The lowest BCUT2D eigenvalue weighted by molar-refractivity contribution is 1.09. The van der Waals surface area contributed by atoms with Crippen molar-refractivity contribution in [1.29, 1.82) is 0 Å². The minimum Gasteiger partial charge on any atom is -0.383 e. The van der Waals surface area contributed by atoms with Gasteiger partial charge in [0.15, 0.2) is 5.82 Å². The minimum atomic E-state index is 0.634. The summed E-state index contributed by atoms with van der Waals surface area (Å²) in [6.45, 7) is 0. The van der Waals surface area contributed by atoms with E-state index in [0.29, 0.717) is 5.82 Å². The Morgan fingerprint density at radius 3 is 2.88 bits per heavy atom. The summed E-state index contributed by atoms with van der Waals surface area (Å²) in [6.07, 6.45) is 0. The summed E-state index contributed by atoms with van der Waals surface area (Å²) in [5, 5.41) is 0. The van der Waals surface area contributed by atoms with Crippen molar-refractivity contribution in [3.8, 4) is 10.7 Å². The van der Waals surface area contributed by atoms with Crippen LogP contribution in [0.3, 0.4) is 0 Å². The van der Waals surface area contributed by atoms with Crippen molar-refractivity contribution in [2.75, 3.05) is 5.73 Å². The number of hydrogen-bond acceptors (Lipinski definition) is 5. The number of rotatable bonds is 1. The van der Waals surface area contributed by atoms with Crippen LogP contribution >= 0.6 is 39.0 Å². The van der Waals surface area contributed by atoms with Gasteiger partial charge in [-0.2, -0.15) is 11.8 Å². The Labute approximate surface area is 110 Å². The van der Waals surface area contributed by atoms with Gasteiger partial charge in [-0.05, 0) is 28.1 Å². The van der Waals surface area contributed by atoms with Gasteiger partial charge in [-0.25, -0.2) is 9.97 Å². The molecule has 3 rings (SSSR count). The average Bonchev–Trinajstić information content (AvgIpc) is 2.85. The van der Waals surface area contributed by atoms with E-state index in [-0.39, 0.29) is 0 Å². The average molecular weight is 314 g/mol. The quantitative estimate of drug-likeness (QED) is 0.877. The molecule has 3 nitrogen and oxygen atoms in total. The minimum absolute atomic E-state index is 0.634. The van der Waals surface area contributed by atoms with E-state index >= 15 is 0 Å². The Morgan fingerprint density at radius 1 is 1.25 bits per heavy atom. The van der Waals surface area contributed by atoms with E-state index in [1.165, 1.54) is 0 Å². The van der Waals surface area contributed by atoms with Crippen molar-refractivity contribution >= 4 is 44.8 Å². The highest BCUT2D eigenvalue weighted by molar-refractivity contribution is 9.11. The maximum Gasteiger partial charge on any atom is 0.171 e. The second kappa shape index (κ2) is 4.01. The fourth-order valence-corrected chi connectivity index (χ4v) is 3.99. The number of nitrogens with two attached hydrogens (primary N) is 1. The van der Waals surface area contributed by atoms with Crippen LogP contribution in [0.1, 0.15) is 11.3 Å². The molecule has 0 saturated heterocycles. The zero-order chi connectivity index (χ0) is 11.1. The van der Waals surface area contributed by atoms with Crippen LogP contribution in [-0.4, -0.2) is 9.97 Å². The van der Waals surface area contributed by atoms with Gasteiger partial charge in [0.25, 0.3) is 0 Å². The van der Waals surface area contributed by atoms with Crippen LogP contribution < -0.4 is 5.73 Å². The zero-order valence-electron chi connectivity index (χ0n) is 8.24. The van der Waals surface area contributed by atoms with Gasteiger partial charge in [-0.3, -0.25) is 0 Å². The lowest BCUT2D eigenvalue weighted by atomic mass is 10.2. The molecule has 2 aromatic rings. The molecule has 0 saturated carbocycles. The zero-order valence-corrected chi connectivity index (χ0v) is 11.5. The molecular formula is C10H8BrN3S2. The number of fused-ring (bicyclic) bond motifs is 1. The van der Waals surface area contributed by atoms with E-state index in [9.17, 15) is 0 Å². The summed E-state index contributed by atoms with van der Waals surface area (Å²) in [7, 11) is 0. The number of halogens is 1. The van der Waals surface area contributed by atoms with Crippen molar-refractivity contribution < 1.29 is 0 Å². The lowest BCUT2D eigenvalue weighted by Crippen LogP contribution is -2.02. The van der Waals surface area contributed by atoms with Gasteiger partial charge in [0.2, 0.25) is 0 Å². The van der Waals surface area contributed by atoms with Crippen molar-refractivity contribution in [1.82, 2.24) is 9.97 Å². The number of nitrogens with zero attached hydrogens (tertiary/aromatic N) is 2. The first-order valence-corrected chi connectivity index (χ1v) is 7.49. The standard InChI is InChI=1S/C10H8BrN3S2/c11-8-2-1-7(16-8)10-13-6-4-15-3-5(6)9(12)14-10/h1-2H,3-4H2,(H2,12,13,14). The van der Waals surface area contributed by atoms with Crippen LogP contribution in [0.15, 0.2) is 15.9 Å². The highest BCUT2D eigenvalue weighted by atomic mass is 79.9. The van der Waals surface area contributed by atoms with Crippen LogP contribution in [0.4, 0.5) is 5.82 Å². The molecule has 3 heterocycles.